The van der Waals surface area contributed by atoms with Crippen LogP contribution >= 0.6 is 0 Å². The van der Waals surface area contributed by atoms with Crippen LogP contribution in [0.2, 0.25) is 0 Å². The van der Waals surface area contributed by atoms with Crippen molar-refractivity contribution in [2.75, 3.05) is 19.8 Å². The maximum Gasteiger partial charge on any atom is 0.308 e. The van der Waals surface area contributed by atoms with Crippen LogP contribution in [0.15, 0.2) is 54.1 Å². The Morgan fingerprint density at radius 3 is 1.70 bits per heavy atom. The van der Waals surface area contributed by atoms with Crippen LogP contribution in [0.25, 0.3) is 5.57 Å². The molecule has 5 nitrogen and oxygen atoms in total. The second kappa shape index (κ2) is 11.7. The highest BCUT2D eigenvalue weighted by Crippen LogP contribution is 2.32. The van der Waals surface area contributed by atoms with Gasteiger partial charge in [-0.1, -0.05) is 31.2 Å². The minimum absolute atomic E-state index is 0.297. The Morgan fingerprint density at radius 2 is 1.33 bits per heavy atom. The number of allylic oxidation sites excluding steroid dienone is 1. The summed E-state index contributed by atoms with van der Waals surface area (Å²) in [7, 11) is 0. The first kappa shape index (κ1) is 23.0. The van der Waals surface area contributed by atoms with E-state index in [4.69, 9.17) is 14.2 Å². The Bertz CT molecular complexity index is 841. The quantitative estimate of drug-likeness (QED) is 0.390. The summed E-state index contributed by atoms with van der Waals surface area (Å²) in [5.41, 5.74) is 3.09. The van der Waals surface area contributed by atoms with E-state index in [9.17, 15) is 10.1 Å². The molecule has 0 saturated heterocycles. The molecule has 158 valence electrons. The highest BCUT2D eigenvalue weighted by molar-refractivity contribution is 5.85. The molecule has 1 atom stereocenters. The monoisotopic (exact) mass is 407 g/mol. The van der Waals surface area contributed by atoms with Crippen LogP contribution in [-0.4, -0.2) is 25.8 Å². The van der Waals surface area contributed by atoms with Crippen molar-refractivity contribution in [1.29, 1.82) is 5.26 Å². The summed E-state index contributed by atoms with van der Waals surface area (Å²) in [4.78, 5) is 12.1. The van der Waals surface area contributed by atoms with Gasteiger partial charge < -0.3 is 14.2 Å². The van der Waals surface area contributed by atoms with Gasteiger partial charge in [0.2, 0.25) is 0 Å². The van der Waals surface area contributed by atoms with E-state index in [0.717, 1.165) is 28.2 Å². The van der Waals surface area contributed by atoms with Gasteiger partial charge >= 0.3 is 5.97 Å². The molecule has 0 aromatic heterocycles. The standard InChI is InChI=1S/C25H29NO4/c1-5-28-22-12-8-19(9-13-22)24(20-10-14-23(15-11-20)29-6-2)21(17-26)16-18(4)25(27)30-7-3/h8-15,18H,5-7,16H2,1-4H3. The van der Waals surface area contributed by atoms with Crippen LogP contribution in [-0.2, 0) is 9.53 Å². The summed E-state index contributed by atoms with van der Waals surface area (Å²) in [6.45, 7) is 8.91. The van der Waals surface area contributed by atoms with E-state index in [1.807, 2.05) is 62.4 Å². The van der Waals surface area contributed by atoms with Crippen molar-refractivity contribution in [3.8, 4) is 17.6 Å². The summed E-state index contributed by atoms with van der Waals surface area (Å²) in [5, 5.41) is 9.95. The molecule has 0 fully saturated rings. The van der Waals surface area contributed by atoms with E-state index >= 15 is 0 Å². The molecular formula is C25H29NO4. The number of hydrogen-bond donors (Lipinski definition) is 0. The van der Waals surface area contributed by atoms with Gasteiger partial charge in [-0.05, 0) is 62.6 Å². The molecule has 2 rings (SSSR count). The molecule has 0 N–H and O–H groups in total. The van der Waals surface area contributed by atoms with Gasteiger partial charge in [-0.3, -0.25) is 4.79 Å². The average molecular weight is 408 g/mol. The van der Waals surface area contributed by atoms with Crippen molar-refractivity contribution < 1.29 is 19.0 Å². The number of carbonyl (C=O) groups is 1. The van der Waals surface area contributed by atoms with Crippen molar-refractivity contribution >= 4 is 11.5 Å². The molecule has 0 saturated carbocycles. The number of nitriles is 1. The van der Waals surface area contributed by atoms with Crippen LogP contribution in [0.5, 0.6) is 11.5 Å². The number of esters is 1. The molecule has 2 aromatic rings. The second-order valence-electron chi connectivity index (χ2n) is 6.74. The lowest BCUT2D eigenvalue weighted by molar-refractivity contribution is -0.147. The highest BCUT2D eigenvalue weighted by atomic mass is 16.5. The molecule has 0 spiro atoms. The summed E-state index contributed by atoms with van der Waals surface area (Å²) < 4.78 is 16.2. The van der Waals surface area contributed by atoms with Crippen molar-refractivity contribution in [2.45, 2.75) is 34.1 Å². The zero-order chi connectivity index (χ0) is 21.9. The molecular weight excluding hydrogens is 378 g/mol. The lowest BCUT2D eigenvalue weighted by Crippen LogP contribution is -2.15. The Morgan fingerprint density at radius 1 is 0.867 bits per heavy atom. The number of rotatable bonds is 10. The molecule has 1 unspecified atom stereocenters. The lowest BCUT2D eigenvalue weighted by atomic mass is 9.89. The Kier molecular flexibility index (Phi) is 8.96. The number of nitrogens with zero attached hydrogens (tertiary/aromatic N) is 1. The third-order valence-electron chi connectivity index (χ3n) is 4.54. The van der Waals surface area contributed by atoms with Crippen LogP contribution in [0.3, 0.4) is 0 Å². The predicted octanol–water partition coefficient (Wildman–Crippen LogP) is 5.40. The number of hydrogen-bond acceptors (Lipinski definition) is 5. The molecule has 0 bridgehead atoms. The Balaban J connectivity index is 2.51. The fourth-order valence-electron chi connectivity index (χ4n) is 3.16. The third-order valence-corrected chi connectivity index (χ3v) is 4.54. The Hall–Kier alpha value is -3.26. The molecule has 0 radical (unpaired) electrons. The first-order valence-electron chi connectivity index (χ1n) is 10.3. The SMILES string of the molecule is CCOC(=O)C(C)CC(C#N)=C(c1ccc(OCC)cc1)c1ccc(OCC)cc1. The second-order valence-corrected chi connectivity index (χ2v) is 6.74. The molecule has 0 heterocycles. The lowest BCUT2D eigenvalue weighted by Gasteiger charge is -2.16. The molecule has 5 heteroatoms. The zero-order valence-corrected chi connectivity index (χ0v) is 18.1. The molecule has 0 amide bonds. The fraction of sp³-hybridized carbons (Fsp3) is 0.360. The highest BCUT2D eigenvalue weighted by Gasteiger charge is 2.20. The van der Waals surface area contributed by atoms with Crippen molar-refractivity contribution in [3.05, 3.63) is 65.2 Å². The van der Waals surface area contributed by atoms with Gasteiger partial charge in [0, 0.05) is 11.1 Å². The predicted molar refractivity (Wildman–Crippen MR) is 117 cm³/mol. The van der Waals surface area contributed by atoms with Gasteiger partial charge in [0.25, 0.3) is 0 Å². The van der Waals surface area contributed by atoms with Gasteiger partial charge in [-0.2, -0.15) is 5.26 Å². The van der Waals surface area contributed by atoms with E-state index in [-0.39, 0.29) is 5.97 Å². The molecule has 2 aromatic carbocycles. The van der Waals surface area contributed by atoms with Crippen molar-refractivity contribution in [1.82, 2.24) is 0 Å². The van der Waals surface area contributed by atoms with Crippen LogP contribution in [0.1, 0.15) is 45.2 Å². The van der Waals surface area contributed by atoms with E-state index < -0.39 is 5.92 Å². The summed E-state index contributed by atoms with van der Waals surface area (Å²) in [6.07, 6.45) is 0.297. The minimum Gasteiger partial charge on any atom is -0.494 e. The van der Waals surface area contributed by atoms with Gasteiger partial charge in [0.15, 0.2) is 0 Å². The minimum atomic E-state index is -0.417. The van der Waals surface area contributed by atoms with Gasteiger partial charge in [-0.15, -0.1) is 0 Å². The average Bonchev–Trinajstić information content (AvgIpc) is 2.76. The van der Waals surface area contributed by atoms with E-state index in [2.05, 4.69) is 6.07 Å². The van der Waals surface area contributed by atoms with Crippen LogP contribution < -0.4 is 9.47 Å². The van der Waals surface area contributed by atoms with Crippen LogP contribution in [0, 0.1) is 17.2 Å². The molecule has 0 aliphatic heterocycles. The first-order chi connectivity index (χ1) is 14.5. The topological polar surface area (TPSA) is 68.6 Å². The summed E-state index contributed by atoms with van der Waals surface area (Å²) in [5.74, 6) is 0.819. The van der Waals surface area contributed by atoms with Gasteiger partial charge in [0.1, 0.15) is 11.5 Å². The van der Waals surface area contributed by atoms with E-state index in [0.29, 0.717) is 31.8 Å². The third kappa shape index (κ3) is 6.12. The number of carbonyl (C=O) groups excluding carboxylic acids is 1. The van der Waals surface area contributed by atoms with E-state index in [1.54, 1.807) is 13.8 Å². The number of ether oxygens (including phenoxy) is 3. The summed E-state index contributed by atoms with van der Waals surface area (Å²) >= 11 is 0. The van der Waals surface area contributed by atoms with Crippen molar-refractivity contribution in [2.24, 2.45) is 5.92 Å². The van der Waals surface area contributed by atoms with Crippen LogP contribution in [0.4, 0.5) is 0 Å². The molecule has 0 aliphatic rings. The smallest absolute Gasteiger partial charge is 0.308 e. The number of benzene rings is 2. The maximum absolute atomic E-state index is 12.1. The van der Waals surface area contributed by atoms with Crippen molar-refractivity contribution in [3.63, 3.8) is 0 Å². The largest absolute Gasteiger partial charge is 0.494 e. The fourth-order valence-corrected chi connectivity index (χ4v) is 3.16. The molecule has 0 aliphatic carbocycles. The normalized spacial score (nSPS) is 11.2. The summed E-state index contributed by atoms with van der Waals surface area (Å²) in [6, 6.07) is 17.6. The molecule has 30 heavy (non-hydrogen) atoms. The Labute approximate surface area is 178 Å². The first-order valence-corrected chi connectivity index (χ1v) is 10.3. The van der Waals surface area contributed by atoms with E-state index in [1.165, 1.54) is 0 Å². The maximum atomic E-state index is 12.1. The van der Waals surface area contributed by atoms with Gasteiger partial charge in [0.05, 0.1) is 31.8 Å². The zero-order valence-electron chi connectivity index (χ0n) is 18.1. The van der Waals surface area contributed by atoms with Gasteiger partial charge in [-0.25, -0.2) is 0 Å².